The van der Waals surface area contributed by atoms with E-state index >= 15 is 0 Å². The molecule has 1 unspecified atom stereocenters. The maximum Gasteiger partial charge on any atom is 0.295 e. The van der Waals surface area contributed by atoms with E-state index in [1.807, 2.05) is 0 Å². The predicted molar refractivity (Wildman–Crippen MR) is 79.5 cm³/mol. The molecule has 110 valence electrons. The molecule has 1 fully saturated rings. The van der Waals surface area contributed by atoms with Crippen LogP contribution in [0, 0.1) is 10.1 Å². The van der Waals surface area contributed by atoms with Crippen molar-refractivity contribution in [1.82, 2.24) is 10.3 Å². The lowest BCUT2D eigenvalue weighted by molar-refractivity contribution is -0.383. The molecule has 21 heavy (non-hydrogen) atoms. The first-order valence-corrected chi connectivity index (χ1v) is 7.14. The number of hydrogen-bond donors (Lipinski definition) is 1. The molecule has 1 atom stereocenters. The minimum Gasteiger partial charge on any atom is -0.491 e. The second-order valence-electron chi connectivity index (χ2n) is 5.20. The Morgan fingerprint density at radius 1 is 1.38 bits per heavy atom. The molecule has 1 N–H and O–H groups in total. The van der Waals surface area contributed by atoms with Gasteiger partial charge in [0, 0.05) is 23.7 Å². The van der Waals surface area contributed by atoms with Crippen LogP contribution in [0.1, 0.15) is 19.3 Å². The summed E-state index contributed by atoms with van der Waals surface area (Å²) in [6, 6.07) is 7.03. The Morgan fingerprint density at radius 2 is 2.29 bits per heavy atom. The van der Waals surface area contributed by atoms with Gasteiger partial charge in [0.1, 0.15) is 12.4 Å². The third kappa shape index (κ3) is 2.95. The van der Waals surface area contributed by atoms with Gasteiger partial charge in [-0.3, -0.25) is 10.1 Å². The van der Waals surface area contributed by atoms with E-state index < -0.39 is 4.92 Å². The van der Waals surface area contributed by atoms with Gasteiger partial charge in [0.2, 0.25) is 0 Å². The van der Waals surface area contributed by atoms with E-state index in [1.54, 1.807) is 24.4 Å². The lowest BCUT2D eigenvalue weighted by atomic mass is 10.1. The summed E-state index contributed by atoms with van der Waals surface area (Å²) in [5.41, 5.74) is 0.380. The fourth-order valence-electron chi connectivity index (χ4n) is 2.66. The summed E-state index contributed by atoms with van der Waals surface area (Å²) in [5, 5.41) is 15.1. The topological polar surface area (TPSA) is 77.3 Å². The number of fused-ring (bicyclic) bond motifs is 1. The molecule has 0 amide bonds. The van der Waals surface area contributed by atoms with Crippen molar-refractivity contribution in [2.24, 2.45) is 0 Å². The van der Waals surface area contributed by atoms with Crippen molar-refractivity contribution < 1.29 is 9.66 Å². The summed E-state index contributed by atoms with van der Waals surface area (Å²) in [5.74, 6) is 0.649. The van der Waals surface area contributed by atoms with E-state index in [-0.39, 0.29) is 5.69 Å². The van der Waals surface area contributed by atoms with Crippen molar-refractivity contribution in [2.75, 3.05) is 13.2 Å². The molecule has 1 aliphatic rings. The SMILES string of the molecule is O=[N+]([O-])c1ccc(OCC2CCCCN2)c2cccnc12. The number of piperidine rings is 1. The second kappa shape index (κ2) is 6.05. The minimum absolute atomic E-state index is 0.00809. The molecule has 6 nitrogen and oxygen atoms in total. The van der Waals surface area contributed by atoms with Crippen molar-refractivity contribution in [2.45, 2.75) is 25.3 Å². The van der Waals surface area contributed by atoms with Crippen LogP contribution in [0.3, 0.4) is 0 Å². The van der Waals surface area contributed by atoms with Crippen molar-refractivity contribution >= 4 is 16.6 Å². The largest absolute Gasteiger partial charge is 0.491 e. The number of pyridine rings is 1. The first-order chi connectivity index (χ1) is 10.3. The molecule has 0 aliphatic carbocycles. The zero-order valence-corrected chi connectivity index (χ0v) is 11.6. The molecule has 6 heteroatoms. The van der Waals surface area contributed by atoms with Gasteiger partial charge < -0.3 is 10.1 Å². The molecule has 1 saturated heterocycles. The Morgan fingerprint density at radius 3 is 3.05 bits per heavy atom. The number of aromatic nitrogens is 1. The zero-order valence-electron chi connectivity index (χ0n) is 11.6. The highest BCUT2D eigenvalue weighted by atomic mass is 16.6. The van der Waals surface area contributed by atoms with Crippen LogP contribution in [-0.4, -0.2) is 29.1 Å². The lowest BCUT2D eigenvalue weighted by Gasteiger charge is -2.23. The number of nitro benzene ring substituents is 1. The maximum absolute atomic E-state index is 11.0. The Hall–Kier alpha value is -2.21. The summed E-state index contributed by atoms with van der Waals surface area (Å²) >= 11 is 0. The van der Waals surface area contributed by atoms with E-state index in [9.17, 15) is 10.1 Å². The molecule has 3 rings (SSSR count). The average molecular weight is 287 g/mol. The van der Waals surface area contributed by atoms with Gasteiger partial charge in [0.05, 0.1) is 4.92 Å². The number of rotatable bonds is 4. The van der Waals surface area contributed by atoms with Gasteiger partial charge in [-0.2, -0.15) is 0 Å². The fourth-order valence-corrected chi connectivity index (χ4v) is 2.66. The summed E-state index contributed by atoms with van der Waals surface area (Å²) < 4.78 is 5.87. The lowest BCUT2D eigenvalue weighted by Crippen LogP contribution is -2.38. The van der Waals surface area contributed by atoms with Crippen LogP contribution in [0.15, 0.2) is 30.5 Å². The first kappa shape index (κ1) is 13.8. The quantitative estimate of drug-likeness (QED) is 0.691. The Balaban J connectivity index is 1.85. The molecule has 1 aliphatic heterocycles. The average Bonchev–Trinajstić information content (AvgIpc) is 2.53. The molecule has 1 aromatic carbocycles. The van der Waals surface area contributed by atoms with E-state index in [0.717, 1.165) is 13.0 Å². The van der Waals surface area contributed by atoms with E-state index in [0.29, 0.717) is 29.3 Å². The Bertz CT molecular complexity index is 654. The van der Waals surface area contributed by atoms with Crippen LogP contribution in [0.2, 0.25) is 0 Å². The van der Waals surface area contributed by atoms with Crippen LogP contribution in [-0.2, 0) is 0 Å². The standard InChI is InChI=1S/C15H17N3O3/c19-18(20)13-6-7-14(12-5-3-9-17-15(12)13)21-10-11-4-1-2-8-16-11/h3,5-7,9,11,16H,1-2,4,8,10H2. The highest BCUT2D eigenvalue weighted by Gasteiger charge is 2.18. The van der Waals surface area contributed by atoms with Gasteiger partial charge >= 0.3 is 0 Å². The van der Waals surface area contributed by atoms with Crippen LogP contribution in [0.4, 0.5) is 5.69 Å². The van der Waals surface area contributed by atoms with Gasteiger partial charge in [-0.15, -0.1) is 0 Å². The second-order valence-corrected chi connectivity index (χ2v) is 5.20. The van der Waals surface area contributed by atoms with Crippen molar-refractivity contribution in [1.29, 1.82) is 0 Å². The van der Waals surface area contributed by atoms with Crippen LogP contribution in [0.5, 0.6) is 5.75 Å². The molecule has 2 aromatic rings. The number of nitrogens with one attached hydrogen (secondary N) is 1. The third-order valence-corrected chi connectivity index (χ3v) is 3.76. The van der Waals surface area contributed by atoms with Crippen molar-refractivity contribution in [3.05, 3.63) is 40.6 Å². The van der Waals surface area contributed by atoms with E-state index in [2.05, 4.69) is 10.3 Å². The molecule has 0 radical (unpaired) electrons. The van der Waals surface area contributed by atoms with Gasteiger partial charge in [-0.25, -0.2) is 4.98 Å². The summed E-state index contributed by atoms with van der Waals surface area (Å²) in [6.07, 6.45) is 5.08. The van der Waals surface area contributed by atoms with Gasteiger partial charge in [0.15, 0.2) is 5.52 Å². The molecule has 0 saturated carbocycles. The maximum atomic E-state index is 11.0. The number of hydrogen-bond acceptors (Lipinski definition) is 5. The first-order valence-electron chi connectivity index (χ1n) is 7.14. The third-order valence-electron chi connectivity index (χ3n) is 3.76. The number of benzene rings is 1. The van der Waals surface area contributed by atoms with Gasteiger partial charge in [-0.05, 0) is 37.6 Å². The summed E-state index contributed by atoms with van der Waals surface area (Å²) in [6.45, 7) is 1.60. The van der Waals surface area contributed by atoms with Crippen LogP contribution < -0.4 is 10.1 Å². The predicted octanol–water partition coefficient (Wildman–Crippen LogP) is 2.66. The van der Waals surface area contributed by atoms with Crippen molar-refractivity contribution in [3.8, 4) is 5.75 Å². The number of nitro groups is 1. The number of non-ortho nitro benzene ring substituents is 1. The van der Waals surface area contributed by atoms with E-state index in [1.165, 1.54) is 18.9 Å². The minimum atomic E-state index is -0.415. The molecule has 0 spiro atoms. The smallest absolute Gasteiger partial charge is 0.295 e. The van der Waals surface area contributed by atoms with Crippen molar-refractivity contribution in [3.63, 3.8) is 0 Å². The number of ether oxygens (including phenoxy) is 1. The molecule has 2 heterocycles. The zero-order chi connectivity index (χ0) is 14.7. The van der Waals surface area contributed by atoms with Crippen LogP contribution >= 0.6 is 0 Å². The summed E-state index contributed by atoms with van der Waals surface area (Å²) in [4.78, 5) is 14.8. The van der Waals surface area contributed by atoms with E-state index in [4.69, 9.17) is 4.74 Å². The Labute approximate surface area is 122 Å². The highest BCUT2D eigenvalue weighted by molar-refractivity contribution is 5.91. The molecular weight excluding hydrogens is 270 g/mol. The van der Waals surface area contributed by atoms with Crippen LogP contribution in [0.25, 0.3) is 10.9 Å². The molecule has 1 aromatic heterocycles. The monoisotopic (exact) mass is 287 g/mol. The Kier molecular flexibility index (Phi) is 3.96. The molecule has 0 bridgehead atoms. The highest BCUT2D eigenvalue weighted by Crippen LogP contribution is 2.31. The number of nitrogens with zero attached hydrogens (tertiary/aromatic N) is 2. The summed E-state index contributed by atoms with van der Waals surface area (Å²) in [7, 11) is 0. The van der Waals surface area contributed by atoms with Gasteiger partial charge in [-0.1, -0.05) is 6.42 Å². The fraction of sp³-hybridized carbons (Fsp3) is 0.400. The van der Waals surface area contributed by atoms with Gasteiger partial charge in [0.25, 0.3) is 5.69 Å². The molecular formula is C15H17N3O3. The normalized spacial score (nSPS) is 18.6.